The van der Waals surface area contributed by atoms with Crippen LogP contribution in [0.1, 0.15) is 20.8 Å². The van der Waals surface area contributed by atoms with E-state index in [2.05, 4.69) is 0 Å². The summed E-state index contributed by atoms with van der Waals surface area (Å²) in [4.78, 5) is 22.2. The topological polar surface area (TPSA) is 63.6 Å². The average molecular weight is 200 g/mol. The number of ether oxygens (including phenoxy) is 1. The van der Waals surface area contributed by atoms with Crippen molar-refractivity contribution >= 4 is 11.6 Å². The standard InChI is InChI=1S/C10H16O4/c1-5-8(12)4-14-10(5)6(2)9(13)7(3)11/h5-6,8,10,12H,4H2,1-3H3/t5-,6?,8+,10?/m0/s1. The van der Waals surface area contributed by atoms with Crippen molar-refractivity contribution in [2.75, 3.05) is 6.61 Å². The molecule has 4 nitrogen and oxygen atoms in total. The number of aliphatic hydroxyl groups excluding tert-OH is 1. The van der Waals surface area contributed by atoms with Crippen LogP contribution in [0.4, 0.5) is 0 Å². The summed E-state index contributed by atoms with van der Waals surface area (Å²) in [5.41, 5.74) is 0. The molecule has 1 rings (SSSR count). The van der Waals surface area contributed by atoms with Crippen molar-refractivity contribution in [1.82, 2.24) is 0 Å². The first-order valence-electron chi connectivity index (χ1n) is 4.79. The van der Waals surface area contributed by atoms with Crippen molar-refractivity contribution in [2.45, 2.75) is 33.0 Å². The van der Waals surface area contributed by atoms with Crippen LogP contribution in [-0.2, 0) is 14.3 Å². The van der Waals surface area contributed by atoms with E-state index in [0.29, 0.717) is 0 Å². The largest absolute Gasteiger partial charge is 0.390 e. The molecule has 0 amide bonds. The van der Waals surface area contributed by atoms with Gasteiger partial charge in [0.05, 0.1) is 18.8 Å². The molecule has 0 aromatic carbocycles. The molecule has 0 radical (unpaired) electrons. The molecule has 1 aliphatic rings. The Bertz CT molecular complexity index is 249. The Morgan fingerprint density at radius 2 is 2.07 bits per heavy atom. The lowest BCUT2D eigenvalue weighted by Crippen LogP contribution is -2.34. The average Bonchev–Trinajstić information content (AvgIpc) is 2.45. The number of ketones is 2. The van der Waals surface area contributed by atoms with Crippen molar-refractivity contribution in [3.05, 3.63) is 0 Å². The Morgan fingerprint density at radius 1 is 1.50 bits per heavy atom. The fourth-order valence-corrected chi connectivity index (χ4v) is 1.80. The van der Waals surface area contributed by atoms with Crippen LogP contribution in [0.15, 0.2) is 0 Å². The quantitative estimate of drug-likeness (QED) is 0.660. The summed E-state index contributed by atoms with van der Waals surface area (Å²) in [6.45, 7) is 5.01. The van der Waals surface area contributed by atoms with Crippen LogP contribution in [0.3, 0.4) is 0 Å². The van der Waals surface area contributed by atoms with Crippen molar-refractivity contribution in [3.8, 4) is 0 Å². The molecule has 1 fully saturated rings. The first-order chi connectivity index (χ1) is 6.45. The molecule has 0 aromatic rings. The number of Topliss-reactive ketones (excluding diaryl/α,β-unsaturated/α-hetero) is 2. The van der Waals surface area contributed by atoms with Crippen molar-refractivity contribution in [1.29, 1.82) is 0 Å². The number of rotatable bonds is 3. The van der Waals surface area contributed by atoms with E-state index >= 15 is 0 Å². The van der Waals surface area contributed by atoms with Gasteiger partial charge in [0.2, 0.25) is 5.78 Å². The molecule has 1 N–H and O–H groups in total. The normalized spacial score (nSPS) is 34.1. The molecule has 0 spiro atoms. The maximum atomic E-state index is 11.4. The van der Waals surface area contributed by atoms with Crippen molar-refractivity contribution in [2.24, 2.45) is 11.8 Å². The smallest absolute Gasteiger partial charge is 0.203 e. The second-order valence-corrected chi connectivity index (χ2v) is 3.93. The Morgan fingerprint density at radius 3 is 2.43 bits per heavy atom. The highest BCUT2D eigenvalue weighted by molar-refractivity contribution is 6.37. The second-order valence-electron chi connectivity index (χ2n) is 3.93. The molecule has 1 heterocycles. The summed E-state index contributed by atoms with van der Waals surface area (Å²) in [5.74, 6) is -1.42. The Labute approximate surface area is 83.2 Å². The van der Waals surface area contributed by atoms with Gasteiger partial charge in [-0.25, -0.2) is 0 Å². The predicted octanol–water partition coefficient (Wildman–Crippen LogP) is 0.176. The summed E-state index contributed by atoms with van der Waals surface area (Å²) in [7, 11) is 0. The fraction of sp³-hybridized carbons (Fsp3) is 0.800. The number of carbonyl (C=O) groups is 2. The minimum absolute atomic E-state index is 0.0895. The van der Waals surface area contributed by atoms with Gasteiger partial charge in [-0.1, -0.05) is 13.8 Å². The summed E-state index contributed by atoms with van der Waals surface area (Å²) >= 11 is 0. The minimum atomic E-state index is -0.526. The molecule has 0 aromatic heterocycles. The van der Waals surface area contributed by atoms with E-state index in [4.69, 9.17) is 4.74 Å². The van der Waals surface area contributed by atoms with Crippen molar-refractivity contribution < 1.29 is 19.4 Å². The summed E-state index contributed by atoms with van der Waals surface area (Å²) < 4.78 is 5.29. The van der Waals surface area contributed by atoms with Crippen LogP contribution < -0.4 is 0 Å². The van der Waals surface area contributed by atoms with Crippen LogP contribution in [0, 0.1) is 11.8 Å². The van der Waals surface area contributed by atoms with Gasteiger partial charge in [-0.3, -0.25) is 9.59 Å². The highest BCUT2D eigenvalue weighted by atomic mass is 16.5. The predicted molar refractivity (Wildman–Crippen MR) is 49.8 cm³/mol. The molecule has 2 unspecified atom stereocenters. The highest BCUT2D eigenvalue weighted by Gasteiger charge is 2.39. The number of hydrogen-bond acceptors (Lipinski definition) is 4. The van der Waals surface area contributed by atoms with E-state index in [1.807, 2.05) is 6.92 Å². The Hall–Kier alpha value is -0.740. The zero-order valence-electron chi connectivity index (χ0n) is 8.69. The third-order valence-electron chi connectivity index (χ3n) is 2.84. The van der Waals surface area contributed by atoms with Crippen LogP contribution in [0.25, 0.3) is 0 Å². The van der Waals surface area contributed by atoms with E-state index < -0.39 is 23.6 Å². The summed E-state index contributed by atoms with van der Waals surface area (Å²) in [5, 5.41) is 9.42. The summed E-state index contributed by atoms with van der Waals surface area (Å²) in [6, 6.07) is 0. The monoisotopic (exact) mass is 200 g/mol. The summed E-state index contributed by atoms with van der Waals surface area (Å²) in [6.07, 6.45) is -0.858. The molecule has 0 saturated carbocycles. The molecular formula is C10H16O4. The van der Waals surface area contributed by atoms with Gasteiger partial charge < -0.3 is 9.84 Å². The SMILES string of the molecule is CC(=O)C(=O)C(C)C1OC[C@@H](O)[C@@H]1C. The van der Waals surface area contributed by atoms with Crippen LogP contribution in [0.2, 0.25) is 0 Å². The minimum Gasteiger partial charge on any atom is -0.390 e. The molecule has 4 heteroatoms. The van der Waals surface area contributed by atoms with E-state index in [1.165, 1.54) is 6.92 Å². The van der Waals surface area contributed by atoms with E-state index in [-0.39, 0.29) is 18.6 Å². The van der Waals surface area contributed by atoms with E-state index in [1.54, 1.807) is 6.92 Å². The Balaban J connectivity index is 2.66. The Kier molecular flexibility index (Phi) is 3.39. The van der Waals surface area contributed by atoms with Gasteiger partial charge in [0.1, 0.15) is 0 Å². The third kappa shape index (κ3) is 2.01. The van der Waals surface area contributed by atoms with Gasteiger partial charge in [0, 0.05) is 18.8 Å². The number of hydrogen-bond donors (Lipinski definition) is 1. The van der Waals surface area contributed by atoms with Gasteiger partial charge in [-0.05, 0) is 0 Å². The molecule has 0 aliphatic carbocycles. The molecule has 14 heavy (non-hydrogen) atoms. The lowest BCUT2D eigenvalue weighted by molar-refractivity contribution is -0.140. The molecule has 80 valence electrons. The number of aliphatic hydroxyl groups is 1. The van der Waals surface area contributed by atoms with Crippen LogP contribution >= 0.6 is 0 Å². The van der Waals surface area contributed by atoms with E-state index in [9.17, 15) is 14.7 Å². The first kappa shape index (κ1) is 11.3. The molecular weight excluding hydrogens is 184 g/mol. The third-order valence-corrected chi connectivity index (χ3v) is 2.84. The zero-order chi connectivity index (χ0) is 10.9. The van der Waals surface area contributed by atoms with Gasteiger partial charge in [-0.2, -0.15) is 0 Å². The number of carbonyl (C=O) groups excluding carboxylic acids is 2. The zero-order valence-corrected chi connectivity index (χ0v) is 8.69. The first-order valence-corrected chi connectivity index (χ1v) is 4.79. The van der Waals surface area contributed by atoms with Crippen molar-refractivity contribution in [3.63, 3.8) is 0 Å². The van der Waals surface area contributed by atoms with Crippen LogP contribution in [-0.4, -0.2) is 35.5 Å². The molecule has 1 aliphatic heterocycles. The van der Waals surface area contributed by atoms with Gasteiger partial charge >= 0.3 is 0 Å². The van der Waals surface area contributed by atoms with Crippen LogP contribution in [0.5, 0.6) is 0 Å². The van der Waals surface area contributed by atoms with Gasteiger partial charge in [0.15, 0.2) is 5.78 Å². The van der Waals surface area contributed by atoms with Gasteiger partial charge in [-0.15, -0.1) is 0 Å². The maximum Gasteiger partial charge on any atom is 0.203 e. The van der Waals surface area contributed by atoms with E-state index in [0.717, 1.165) is 0 Å². The molecule has 0 bridgehead atoms. The molecule has 1 saturated heterocycles. The second kappa shape index (κ2) is 4.19. The lowest BCUT2D eigenvalue weighted by Gasteiger charge is -2.20. The molecule has 4 atom stereocenters. The maximum absolute atomic E-state index is 11.4. The van der Waals surface area contributed by atoms with Gasteiger partial charge in [0.25, 0.3) is 0 Å². The fourth-order valence-electron chi connectivity index (χ4n) is 1.80. The lowest BCUT2D eigenvalue weighted by atomic mass is 9.88. The highest BCUT2D eigenvalue weighted by Crippen LogP contribution is 2.27.